The SMILES string of the molecule is CC(C)Oc1ccc(NC(N)=NCC(C)(O)c2ccc(F)cc2F)cc1. The molecular weight excluding hydrogens is 340 g/mol. The van der Waals surface area contributed by atoms with Gasteiger partial charge in [0.2, 0.25) is 0 Å². The summed E-state index contributed by atoms with van der Waals surface area (Å²) in [6, 6.07) is 10.1. The molecule has 0 fully saturated rings. The topological polar surface area (TPSA) is 79.9 Å². The molecule has 1 unspecified atom stereocenters. The van der Waals surface area contributed by atoms with Crippen LogP contribution in [0.5, 0.6) is 5.75 Å². The molecule has 0 amide bonds. The number of nitrogens with one attached hydrogen (secondary N) is 1. The highest BCUT2D eigenvalue weighted by Crippen LogP contribution is 2.24. The van der Waals surface area contributed by atoms with Gasteiger partial charge in [-0.1, -0.05) is 6.07 Å². The predicted octanol–water partition coefficient (Wildman–Crippen LogP) is 3.39. The molecule has 0 aliphatic carbocycles. The maximum Gasteiger partial charge on any atom is 0.193 e. The Bertz CT molecular complexity index is 775. The average Bonchev–Trinajstić information content (AvgIpc) is 2.54. The summed E-state index contributed by atoms with van der Waals surface area (Å²) in [6.45, 7) is 5.07. The molecule has 0 aliphatic heterocycles. The van der Waals surface area contributed by atoms with E-state index in [0.29, 0.717) is 5.69 Å². The minimum atomic E-state index is -1.63. The minimum Gasteiger partial charge on any atom is -0.491 e. The largest absolute Gasteiger partial charge is 0.491 e. The van der Waals surface area contributed by atoms with Gasteiger partial charge in [-0.15, -0.1) is 0 Å². The maximum absolute atomic E-state index is 13.8. The van der Waals surface area contributed by atoms with Crippen LogP contribution in [0.1, 0.15) is 26.3 Å². The molecule has 0 aromatic heterocycles. The Balaban J connectivity index is 2.02. The molecule has 7 heteroatoms. The summed E-state index contributed by atoms with van der Waals surface area (Å²) >= 11 is 0. The Morgan fingerprint density at radius 3 is 2.46 bits per heavy atom. The minimum absolute atomic E-state index is 0.0503. The first-order valence-electron chi connectivity index (χ1n) is 8.19. The van der Waals surface area contributed by atoms with E-state index in [2.05, 4.69) is 10.3 Å². The lowest BCUT2D eigenvalue weighted by atomic mass is 9.95. The molecule has 0 bridgehead atoms. The molecule has 2 aromatic rings. The summed E-state index contributed by atoms with van der Waals surface area (Å²) in [5, 5.41) is 13.3. The van der Waals surface area contributed by atoms with Gasteiger partial charge in [-0.25, -0.2) is 13.8 Å². The van der Waals surface area contributed by atoms with Gasteiger partial charge in [0.05, 0.1) is 12.6 Å². The van der Waals surface area contributed by atoms with Gasteiger partial charge in [0.1, 0.15) is 23.0 Å². The predicted molar refractivity (Wildman–Crippen MR) is 98.2 cm³/mol. The first-order valence-corrected chi connectivity index (χ1v) is 8.19. The zero-order valence-corrected chi connectivity index (χ0v) is 15.0. The Labute approximate surface area is 151 Å². The van der Waals surface area contributed by atoms with Crippen molar-refractivity contribution in [3.05, 3.63) is 59.7 Å². The van der Waals surface area contributed by atoms with Crippen LogP contribution in [0.2, 0.25) is 0 Å². The fraction of sp³-hybridized carbons (Fsp3) is 0.316. The zero-order chi connectivity index (χ0) is 19.3. The number of ether oxygens (including phenoxy) is 1. The van der Waals surface area contributed by atoms with Gasteiger partial charge in [-0.05, 0) is 51.1 Å². The van der Waals surface area contributed by atoms with E-state index < -0.39 is 17.2 Å². The number of benzene rings is 2. The molecular formula is C19H23F2N3O2. The summed E-state index contributed by atoms with van der Waals surface area (Å²) in [6.07, 6.45) is 0.0783. The normalized spacial score (nSPS) is 14.2. The number of nitrogens with two attached hydrogens (primary N) is 1. The second kappa shape index (κ2) is 8.14. The van der Waals surface area contributed by atoms with Crippen molar-refractivity contribution < 1.29 is 18.6 Å². The van der Waals surface area contributed by atoms with Crippen LogP contribution in [0.4, 0.5) is 14.5 Å². The molecule has 140 valence electrons. The van der Waals surface area contributed by atoms with Crippen molar-refractivity contribution in [2.75, 3.05) is 11.9 Å². The number of aliphatic imine (C=N–C) groups is 1. The van der Waals surface area contributed by atoms with E-state index in [1.54, 1.807) is 24.3 Å². The first-order chi connectivity index (χ1) is 12.2. The molecule has 5 nitrogen and oxygen atoms in total. The van der Waals surface area contributed by atoms with Crippen molar-refractivity contribution in [1.82, 2.24) is 0 Å². The molecule has 0 spiro atoms. The van der Waals surface area contributed by atoms with Crippen LogP contribution >= 0.6 is 0 Å². The van der Waals surface area contributed by atoms with E-state index in [0.717, 1.165) is 17.9 Å². The molecule has 0 radical (unpaired) electrons. The Kier molecular flexibility index (Phi) is 6.15. The smallest absolute Gasteiger partial charge is 0.193 e. The monoisotopic (exact) mass is 363 g/mol. The lowest BCUT2D eigenvalue weighted by molar-refractivity contribution is 0.0634. The van der Waals surface area contributed by atoms with E-state index in [1.165, 1.54) is 13.0 Å². The highest BCUT2D eigenvalue weighted by atomic mass is 19.1. The van der Waals surface area contributed by atoms with Crippen molar-refractivity contribution in [2.24, 2.45) is 10.7 Å². The maximum atomic E-state index is 13.8. The lowest BCUT2D eigenvalue weighted by Crippen LogP contribution is -2.30. The number of rotatable bonds is 6. The van der Waals surface area contributed by atoms with E-state index in [9.17, 15) is 13.9 Å². The van der Waals surface area contributed by atoms with Crippen LogP contribution in [0.3, 0.4) is 0 Å². The van der Waals surface area contributed by atoms with Gasteiger partial charge >= 0.3 is 0 Å². The molecule has 26 heavy (non-hydrogen) atoms. The Morgan fingerprint density at radius 1 is 1.23 bits per heavy atom. The Hall–Kier alpha value is -2.67. The highest BCUT2D eigenvalue weighted by molar-refractivity contribution is 5.92. The fourth-order valence-corrected chi connectivity index (χ4v) is 2.33. The molecule has 2 rings (SSSR count). The summed E-state index contributed by atoms with van der Waals surface area (Å²) < 4.78 is 32.4. The number of guanidine groups is 1. The fourth-order valence-electron chi connectivity index (χ4n) is 2.33. The zero-order valence-electron chi connectivity index (χ0n) is 15.0. The average molecular weight is 363 g/mol. The van der Waals surface area contributed by atoms with Crippen molar-refractivity contribution in [2.45, 2.75) is 32.5 Å². The van der Waals surface area contributed by atoms with Gasteiger partial charge in [-0.3, -0.25) is 0 Å². The van der Waals surface area contributed by atoms with Crippen molar-refractivity contribution >= 4 is 11.6 Å². The number of halogens is 2. The van der Waals surface area contributed by atoms with E-state index in [1.807, 2.05) is 13.8 Å². The number of hydrogen-bond acceptors (Lipinski definition) is 3. The number of nitrogens with zero attached hydrogens (tertiary/aromatic N) is 1. The molecule has 0 heterocycles. The van der Waals surface area contributed by atoms with Crippen LogP contribution in [-0.2, 0) is 5.60 Å². The van der Waals surface area contributed by atoms with Crippen LogP contribution in [0.25, 0.3) is 0 Å². The van der Waals surface area contributed by atoms with Gasteiger partial charge in [0.15, 0.2) is 5.96 Å². The van der Waals surface area contributed by atoms with Crippen LogP contribution in [0, 0.1) is 11.6 Å². The van der Waals surface area contributed by atoms with Crippen LogP contribution < -0.4 is 15.8 Å². The second-order valence-electron chi connectivity index (χ2n) is 6.42. The van der Waals surface area contributed by atoms with Crippen LogP contribution in [0.15, 0.2) is 47.5 Å². The number of hydrogen-bond donors (Lipinski definition) is 3. The molecule has 2 aromatic carbocycles. The summed E-state index contributed by atoms with van der Waals surface area (Å²) in [7, 11) is 0. The first kappa shape index (κ1) is 19.7. The van der Waals surface area contributed by atoms with Gasteiger partial charge in [0, 0.05) is 17.3 Å². The number of anilines is 1. The number of aliphatic hydroxyl groups is 1. The highest BCUT2D eigenvalue weighted by Gasteiger charge is 2.26. The second-order valence-corrected chi connectivity index (χ2v) is 6.42. The molecule has 0 saturated carbocycles. The molecule has 1 atom stereocenters. The van der Waals surface area contributed by atoms with Crippen LogP contribution in [-0.4, -0.2) is 23.7 Å². The third-order valence-corrected chi connectivity index (χ3v) is 3.57. The third-order valence-electron chi connectivity index (χ3n) is 3.57. The van der Waals surface area contributed by atoms with E-state index in [-0.39, 0.29) is 24.2 Å². The summed E-state index contributed by atoms with van der Waals surface area (Å²) in [5.41, 5.74) is 4.83. The standard InChI is InChI=1S/C19H23F2N3O2/c1-12(2)26-15-7-5-14(6-8-15)24-18(22)23-11-19(3,25)16-9-4-13(20)10-17(16)21/h4-10,12,25H,11H2,1-3H3,(H3,22,23,24). The molecule has 4 N–H and O–H groups in total. The van der Waals surface area contributed by atoms with Gasteiger partial charge < -0.3 is 20.9 Å². The van der Waals surface area contributed by atoms with E-state index in [4.69, 9.17) is 10.5 Å². The summed E-state index contributed by atoms with van der Waals surface area (Å²) in [4.78, 5) is 4.04. The van der Waals surface area contributed by atoms with E-state index >= 15 is 0 Å². The Morgan fingerprint density at radius 2 is 1.88 bits per heavy atom. The van der Waals surface area contributed by atoms with Gasteiger partial charge in [-0.2, -0.15) is 0 Å². The molecule has 0 aliphatic rings. The third kappa shape index (κ3) is 5.42. The van der Waals surface area contributed by atoms with Gasteiger partial charge in [0.25, 0.3) is 0 Å². The molecule has 0 saturated heterocycles. The van der Waals surface area contributed by atoms with Crippen molar-refractivity contribution in [3.8, 4) is 5.75 Å². The lowest BCUT2D eigenvalue weighted by Gasteiger charge is -2.22. The van der Waals surface area contributed by atoms with Crippen molar-refractivity contribution in [3.63, 3.8) is 0 Å². The van der Waals surface area contributed by atoms with Crippen molar-refractivity contribution in [1.29, 1.82) is 0 Å². The quantitative estimate of drug-likeness (QED) is 0.543. The summed E-state index contributed by atoms with van der Waals surface area (Å²) in [5.74, 6) is -0.754.